The van der Waals surface area contributed by atoms with Gasteiger partial charge in [-0.3, -0.25) is 0 Å². The van der Waals surface area contributed by atoms with Gasteiger partial charge in [-0.25, -0.2) is 14.8 Å². The second kappa shape index (κ2) is 8.48. The van der Waals surface area contributed by atoms with Gasteiger partial charge in [0.05, 0.1) is 14.2 Å². The van der Waals surface area contributed by atoms with Crippen molar-refractivity contribution in [3.8, 4) is 11.5 Å². The summed E-state index contributed by atoms with van der Waals surface area (Å²) in [6, 6.07) is 5.27. The van der Waals surface area contributed by atoms with Crippen LogP contribution in [0, 0.1) is 11.3 Å². The number of methoxy groups -OCH3 is 2. The molecule has 0 bridgehead atoms. The molecule has 0 fully saturated rings. The smallest absolute Gasteiger partial charge is 0.357 e. The fourth-order valence-electron chi connectivity index (χ4n) is 6.01. The van der Waals surface area contributed by atoms with E-state index < -0.39 is 12.1 Å². The fraction of sp³-hybridized carbons (Fsp3) is 0.480. The average molecular weight is 491 g/mol. The highest BCUT2D eigenvalue weighted by atomic mass is 35.5. The summed E-state index contributed by atoms with van der Waals surface area (Å²) in [6.07, 6.45) is 3.25. The van der Waals surface area contributed by atoms with Crippen molar-refractivity contribution in [1.29, 1.82) is 0 Å². The molecule has 6 nitrogen and oxygen atoms in total. The van der Waals surface area contributed by atoms with Crippen LogP contribution in [0.1, 0.15) is 55.7 Å². The number of allylic oxidation sites excluding steroid dienone is 1. The van der Waals surface area contributed by atoms with Gasteiger partial charge < -0.3 is 14.2 Å². The lowest BCUT2D eigenvalue weighted by molar-refractivity contribution is -0.0497. The summed E-state index contributed by atoms with van der Waals surface area (Å²) < 4.78 is 17.6. The van der Waals surface area contributed by atoms with Crippen molar-refractivity contribution in [2.45, 2.75) is 52.1 Å². The molecule has 3 unspecified atom stereocenters. The predicted octanol–water partition coefficient (Wildman–Crippen LogP) is 5.83. The maximum atomic E-state index is 13.1. The van der Waals surface area contributed by atoms with Crippen LogP contribution in [0.3, 0.4) is 0 Å². The number of fused-ring (bicyclic) bond motifs is 2. The summed E-state index contributed by atoms with van der Waals surface area (Å²) in [5, 5.41) is -0.00879. The molecule has 0 amide bonds. The molecule has 2 aliphatic rings. The highest BCUT2D eigenvalue weighted by Gasteiger charge is 2.57. The van der Waals surface area contributed by atoms with Crippen LogP contribution in [0.25, 0.3) is 0 Å². The van der Waals surface area contributed by atoms with Gasteiger partial charge in [-0.1, -0.05) is 38.4 Å². The fourth-order valence-corrected chi connectivity index (χ4v) is 6.42. The maximum Gasteiger partial charge on any atom is 0.357 e. The minimum atomic E-state index is -0.581. The molecular formula is C25H28Cl2N2O4. The van der Waals surface area contributed by atoms with Crippen LogP contribution >= 0.6 is 23.2 Å². The third-order valence-electron chi connectivity index (χ3n) is 7.33. The first-order valence-electron chi connectivity index (χ1n) is 10.8. The van der Waals surface area contributed by atoms with Gasteiger partial charge in [0.25, 0.3) is 0 Å². The van der Waals surface area contributed by atoms with Crippen LogP contribution in [-0.4, -0.2) is 36.3 Å². The number of benzene rings is 1. The third kappa shape index (κ3) is 3.87. The van der Waals surface area contributed by atoms with Gasteiger partial charge in [-0.15, -0.1) is 0 Å². The maximum absolute atomic E-state index is 13.1. The molecule has 176 valence electrons. The minimum absolute atomic E-state index is 0.0354. The monoisotopic (exact) mass is 490 g/mol. The number of ether oxygens (including phenoxy) is 3. The number of rotatable bonds is 4. The molecule has 3 atom stereocenters. The second-order valence-corrected chi connectivity index (χ2v) is 10.3. The Morgan fingerprint density at radius 2 is 1.76 bits per heavy atom. The van der Waals surface area contributed by atoms with Crippen molar-refractivity contribution in [1.82, 2.24) is 9.97 Å². The van der Waals surface area contributed by atoms with Gasteiger partial charge in [0.1, 0.15) is 22.8 Å². The van der Waals surface area contributed by atoms with Gasteiger partial charge in [0.15, 0.2) is 5.69 Å². The Labute approximate surface area is 204 Å². The van der Waals surface area contributed by atoms with Crippen LogP contribution in [-0.2, 0) is 16.6 Å². The number of hydrogen-bond acceptors (Lipinski definition) is 6. The lowest BCUT2D eigenvalue weighted by atomic mass is 9.49. The molecule has 0 aliphatic heterocycles. The predicted molar refractivity (Wildman–Crippen MR) is 128 cm³/mol. The lowest BCUT2D eigenvalue weighted by Gasteiger charge is -2.56. The number of halogens is 2. The first-order chi connectivity index (χ1) is 15.5. The van der Waals surface area contributed by atoms with E-state index in [2.05, 4.69) is 36.8 Å². The zero-order valence-corrected chi connectivity index (χ0v) is 21.2. The molecule has 0 saturated heterocycles. The normalized spacial score (nSPS) is 25.4. The number of nitrogens with zero attached hydrogens (tertiary/aromatic N) is 2. The molecule has 33 heavy (non-hydrogen) atoms. The van der Waals surface area contributed by atoms with Gasteiger partial charge in [0, 0.05) is 22.6 Å². The molecule has 8 heteroatoms. The number of hydrogen-bond donors (Lipinski definition) is 0. The zero-order valence-electron chi connectivity index (χ0n) is 19.7. The van der Waals surface area contributed by atoms with Crippen LogP contribution in [0.15, 0.2) is 29.8 Å². The molecule has 0 spiro atoms. The van der Waals surface area contributed by atoms with E-state index in [1.54, 1.807) is 14.2 Å². The lowest BCUT2D eigenvalue weighted by Crippen LogP contribution is -2.55. The highest BCUT2D eigenvalue weighted by molar-refractivity contribution is 6.32. The van der Waals surface area contributed by atoms with Crippen molar-refractivity contribution < 1.29 is 19.0 Å². The van der Waals surface area contributed by atoms with E-state index in [0.29, 0.717) is 6.42 Å². The average Bonchev–Trinajstić information content (AvgIpc) is 2.74. The van der Waals surface area contributed by atoms with E-state index in [-0.39, 0.29) is 32.9 Å². The second-order valence-electron chi connectivity index (χ2n) is 9.59. The highest BCUT2D eigenvalue weighted by Crippen LogP contribution is 2.60. The third-order valence-corrected chi connectivity index (χ3v) is 7.69. The van der Waals surface area contributed by atoms with E-state index >= 15 is 0 Å². The number of esters is 1. The number of carbonyl (C=O) groups excluding carboxylic acids is 1. The Hall–Kier alpha value is -2.31. The van der Waals surface area contributed by atoms with Gasteiger partial charge in [0.2, 0.25) is 5.28 Å². The number of aromatic nitrogens is 2. The summed E-state index contributed by atoms with van der Waals surface area (Å²) in [5.74, 6) is 1.27. The minimum Gasteiger partial charge on any atom is -0.496 e. The molecular weight excluding hydrogens is 463 g/mol. The Morgan fingerprint density at radius 1 is 1.09 bits per heavy atom. The molecule has 2 aromatic rings. The van der Waals surface area contributed by atoms with Crippen molar-refractivity contribution >= 4 is 29.2 Å². The summed E-state index contributed by atoms with van der Waals surface area (Å²) >= 11 is 11.9. The Kier molecular flexibility index (Phi) is 6.12. The van der Waals surface area contributed by atoms with Gasteiger partial charge in [-0.2, -0.15) is 0 Å². The molecule has 1 aromatic heterocycles. The molecule has 1 aromatic carbocycles. The first-order valence-corrected chi connectivity index (χ1v) is 11.6. The van der Waals surface area contributed by atoms with Gasteiger partial charge in [-0.05, 0) is 60.4 Å². The summed E-state index contributed by atoms with van der Waals surface area (Å²) in [4.78, 5) is 20.9. The van der Waals surface area contributed by atoms with E-state index in [9.17, 15) is 4.79 Å². The molecule has 0 N–H and O–H groups in total. The quantitative estimate of drug-likeness (QED) is 0.232. The van der Waals surface area contributed by atoms with Crippen LogP contribution in [0.5, 0.6) is 11.5 Å². The van der Waals surface area contributed by atoms with Crippen molar-refractivity contribution in [2.24, 2.45) is 11.3 Å². The van der Waals surface area contributed by atoms with E-state index in [1.807, 2.05) is 19.1 Å². The van der Waals surface area contributed by atoms with Crippen LogP contribution < -0.4 is 9.47 Å². The van der Waals surface area contributed by atoms with E-state index in [4.69, 9.17) is 37.4 Å². The molecule has 1 heterocycles. The van der Waals surface area contributed by atoms with E-state index in [0.717, 1.165) is 34.6 Å². The molecule has 0 saturated carbocycles. The molecule has 0 radical (unpaired) electrons. The number of carbonyl (C=O) groups is 1. The van der Waals surface area contributed by atoms with Gasteiger partial charge >= 0.3 is 5.97 Å². The molecule has 4 rings (SSSR count). The largest absolute Gasteiger partial charge is 0.496 e. The Balaban J connectivity index is 1.80. The topological polar surface area (TPSA) is 70.5 Å². The summed E-state index contributed by atoms with van der Waals surface area (Å²) in [7, 11) is 3.37. The standard InChI is InChI=1S/C25H28Cl2N2O4/c1-13-7-10-18-24(2,3)20-14(16(31-5)8-9-17(20)32-6)12-25(18,4)21(13)33-22(30)15-11-19(26)29-23(27)28-15/h7-9,11,18,21H,10,12H2,1-6H3. The van der Waals surface area contributed by atoms with Crippen molar-refractivity contribution in [2.75, 3.05) is 14.2 Å². The summed E-state index contributed by atoms with van der Waals surface area (Å²) in [5.41, 5.74) is 2.64. The van der Waals surface area contributed by atoms with Crippen molar-refractivity contribution in [3.05, 3.63) is 57.1 Å². The Bertz CT molecular complexity index is 1130. The van der Waals surface area contributed by atoms with Crippen molar-refractivity contribution in [3.63, 3.8) is 0 Å². The SMILES string of the molecule is COc1ccc(OC)c2c1CC1(C)C(OC(=O)c3cc(Cl)nc(Cl)n3)C(C)=CCC1C2(C)C. The summed E-state index contributed by atoms with van der Waals surface area (Å²) in [6.45, 7) is 8.65. The first kappa shape index (κ1) is 23.8. The van der Waals surface area contributed by atoms with Crippen LogP contribution in [0.4, 0.5) is 0 Å². The van der Waals surface area contributed by atoms with Crippen LogP contribution in [0.2, 0.25) is 10.4 Å². The molecule has 2 aliphatic carbocycles. The zero-order chi connectivity index (χ0) is 24.1. The Morgan fingerprint density at radius 3 is 2.39 bits per heavy atom. The van der Waals surface area contributed by atoms with E-state index in [1.165, 1.54) is 6.07 Å².